The van der Waals surface area contributed by atoms with Gasteiger partial charge in [0.15, 0.2) is 0 Å². The molecule has 3 heteroatoms. The van der Waals surface area contributed by atoms with Crippen LogP contribution in [0.15, 0.2) is 30.3 Å². The number of anilines is 1. The third-order valence-corrected chi connectivity index (χ3v) is 4.39. The molecule has 1 aromatic rings. The monoisotopic (exact) mass is 289 g/mol. The van der Waals surface area contributed by atoms with Gasteiger partial charge in [-0.3, -0.25) is 4.79 Å². The van der Waals surface area contributed by atoms with E-state index in [1.165, 1.54) is 44.2 Å². The molecular weight excluding hydrogens is 262 g/mol. The Morgan fingerprint density at radius 1 is 1.10 bits per heavy atom. The van der Waals surface area contributed by atoms with E-state index < -0.39 is 5.97 Å². The van der Waals surface area contributed by atoms with Crippen LogP contribution in [-0.4, -0.2) is 24.2 Å². The lowest BCUT2D eigenvalue weighted by Crippen LogP contribution is -2.30. The molecule has 0 saturated heterocycles. The predicted octanol–water partition coefficient (Wildman–Crippen LogP) is 4.33. The van der Waals surface area contributed by atoms with E-state index in [2.05, 4.69) is 29.2 Å². The molecule has 1 saturated carbocycles. The molecule has 0 spiro atoms. The molecule has 0 unspecified atom stereocenters. The van der Waals surface area contributed by atoms with Gasteiger partial charge in [0.1, 0.15) is 0 Å². The van der Waals surface area contributed by atoms with Gasteiger partial charge in [0, 0.05) is 25.2 Å². The van der Waals surface area contributed by atoms with Crippen molar-refractivity contribution in [1.82, 2.24) is 0 Å². The van der Waals surface area contributed by atoms with Gasteiger partial charge >= 0.3 is 5.97 Å². The summed E-state index contributed by atoms with van der Waals surface area (Å²) in [6, 6.07) is 10.4. The summed E-state index contributed by atoms with van der Waals surface area (Å²) in [5.74, 6) is 0.0648. The van der Waals surface area contributed by atoms with Crippen molar-refractivity contribution in [2.24, 2.45) is 5.92 Å². The molecule has 1 fully saturated rings. The molecule has 116 valence electrons. The first-order chi connectivity index (χ1) is 10.3. The number of hydrogen-bond donors (Lipinski definition) is 1. The standard InChI is InChI=1S/C18H27NO2/c20-18(21)13-8-14-19(17-11-6-3-7-12-17)15-16-9-4-1-2-5-10-16/h3,6-7,11-12,16H,1-2,4-5,8-10,13-15H2,(H,20,21). The van der Waals surface area contributed by atoms with E-state index in [0.29, 0.717) is 0 Å². The highest BCUT2D eigenvalue weighted by Crippen LogP contribution is 2.26. The number of nitrogens with zero attached hydrogens (tertiary/aromatic N) is 1. The summed E-state index contributed by atoms with van der Waals surface area (Å²) in [5, 5.41) is 8.84. The number of carboxylic acids is 1. The second-order valence-electron chi connectivity index (χ2n) is 6.14. The second kappa shape index (κ2) is 8.71. The van der Waals surface area contributed by atoms with Crippen LogP contribution in [0.5, 0.6) is 0 Å². The fourth-order valence-electron chi connectivity index (χ4n) is 3.24. The molecule has 1 aliphatic rings. The molecule has 0 bridgehead atoms. The van der Waals surface area contributed by atoms with E-state index in [9.17, 15) is 4.79 Å². The SMILES string of the molecule is O=C(O)CCCN(CC1CCCCCC1)c1ccccc1. The lowest BCUT2D eigenvalue weighted by atomic mass is 9.99. The molecule has 1 N–H and O–H groups in total. The maximum atomic E-state index is 10.7. The highest BCUT2D eigenvalue weighted by atomic mass is 16.4. The number of carboxylic acid groups (broad SMARTS) is 1. The molecular formula is C18H27NO2. The van der Waals surface area contributed by atoms with Gasteiger partial charge in [-0.05, 0) is 37.3 Å². The Bertz CT molecular complexity index is 410. The first kappa shape index (κ1) is 15.9. The number of benzene rings is 1. The molecule has 0 aliphatic heterocycles. The Morgan fingerprint density at radius 2 is 1.76 bits per heavy atom. The first-order valence-electron chi connectivity index (χ1n) is 8.27. The number of rotatable bonds is 7. The summed E-state index contributed by atoms with van der Waals surface area (Å²) < 4.78 is 0. The minimum Gasteiger partial charge on any atom is -0.481 e. The maximum absolute atomic E-state index is 10.7. The van der Waals surface area contributed by atoms with Crippen LogP contribution in [0, 0.1) is 5.92 Å². The van der Waals surface area contributed by atoms with Gasteiger partial charge in [-0.2, -0.15) is 0 Å². The minimum absolute atomic E-state index is 0.258. The normalized spacial score (nSPS) is 16.4. The lowest BCUT2D eigenvalue weighted by Gasteiger charge is -2.29. The van der Waals surface area contributed by atoms with E-state index in [1.807, 2.05) is 6.07 Å². The van der Waals surface area contributed by atoms with E-state index in [0.717, 1.165) is 25.4 Å². The minimum atomic E-state index is -0.697. The summed E-state index contributed by atoms with van der Waals surface area (Å²) in [4.78, 5) is 13.1. The summed E-state index contributed by atoms with van der Waals surface area (Å²) in [5.41, 5.74) is 1.23. The Balaban J connectivity index is 1.95. The third kappa shape index (κ3) is 5.78. The van der Waals surface area contributed by atoms with E-state index in [4.69, 9.17) is 5.11 Å². The molecule has 0 heterocycles. The molecule has 0 atom stereocenters. The van der Waals surface area contributed by atoms with Gasteiger partial charge in [0.25, 0.3) is 0 Å². The topological polar surface area (TPSA) is 40.5 Å². The van der Waals surface area contributed by atoms with Crippen molar-refractivity contribution in [1.29, 1.82) is 0 Å². The predicted molar refractivity (Wildman–Crippen MR) is 86.7 cm³/mol. The van der Waals surface area contributed by atoms with Crippen molar-refractivity contribution < 1.29 is 9.90 Å². The zero-order valence-electron chi connectivity index (χ0n) is 12.8. The van der Waals surface area contributed by atoms with Crippen LogP contribution in [0.2, 0.25) is 0 Å². The Morgan fingerprint density at radius 3 is 2.38 bits per heavy atom. The van der Waals surface area contributed by atoms with Crippen molar-refractivity contribution in [3.8, 4) is 0 Å². The average molecular weight is 289 g/mol. The van der Waals surface area contributed by atoms with Gasteiger partial charge in [0.05, 0.1) is 0 Å². The first-order valence-corrected chi connectivity index (χ1v) is 8.27. The van der Waals surface area contributed by atoms with Crippen molar-refractivity contribution in [3.63, 3.8) is 0 Å². The van der Waals surface area contributed by atoms with Gasteiger partial charge in [-0.1, -0.05) is 43.9 Å². The van der Waals surface area contributed by atoms with Crippen LogP contribution >= 0.6 is 0 Å². The molecule has 1 aromatic carbocycles. The molecule has 3 nitrogen and oxygen atoms in total. The smallest absolute Gasteiger partial charge is 0.303 e. The maximum Gasteiger partial charge on any atom is 0.303 e. The van der Waals surface area contributed by atoms with Crippen molar-refractivity contribution in [3.05, 3.63) is 30.3 Å². The highest BCUT2D eigenvalue weighted by Gasteiger charge is 2.17. The zero-order chi connectivity index (χ0) is 14.9. The van der Waals surface area contributed by atoms with E-state index >= 15 is 0 Å². The van der Waals surface area contributed by atoms with Gasteiger partial charge in [0.2, 0.25) is 0 Å². The Hall–Kier alpha value is -1.51. The largest absolute Gasteiger partial charge is 0.481 e. The molecule has 0 aromatic heterocycles. The fraction of sp³-hybridized carbons (Fsp3) is 0.611. The molecule has 2 rings (SSSR count). The van der Waals surface area contributed by atoms with Crippen LogP contribution in [0.1, 0.15) is 51.4 Å². The van der Waals surface area contributed by atoms with Crippen LogP contribution in [0.25, 0.3) is 0 Å². The van der Waals surface area contributed by atoms with Crippen LogP contribution in [0.4, 0.5) is 5.69 Å². The summed E-state index contributed by atoms with van der Waals surface area (Å²) in [6.45, 7) is 1.91. The van der Waals surface area contributed by atoms with Crippen LogP contribution in [0.3, 0.4) is 0 Å². The second-order valence-corrected chi connectivity index (χ2v) is 6.14. The molecule has 1 aliphatic carbocycles. The lowest BCUT2D eigenvalue weighted by molar-refractivity contribution is -0.137. The average Bonchev–Trinajstić information content (AvgIpc) is 2.75. The van der Waals surface area contributed by atoms with Crippen molar-refractivity contribution in [2.75, 3.05) is 18.0 Å². The number of aliphatic carboxylic acids is 1. The zero-order valence-corrected chi connectivity index (χ0v) is 12.8. The fourth-order valence-corrected chi connectivity index (χ4v) is 3.24. The van der Waals surface area contributed by atoms with Crippen LogP contribution in [-0.2, 0) is 4.79 Å². The third-order valence-electron chi connectivity index (χ3n) is 4.39. The molecule has 0 amide bonds. The van der Waals surface area contributed by atoms with Gasteiger partial charge in [-0.15, -0.1) is 0 Å². The highest BCUT2D eigenvalue weighted by molar-refractivity contribution is 5.66. The van der Waals surface area contributed by atoms with Gasteiger partial charge < -0.3 is 10.0 Å². The number of hydrogen-bond acceptors (Lipinski definition) is 2. The summed E-state index contributed by atoms with van der Waals surface area (Å²) in [7, 11) is 0. The van der Waals surface area contributed by atoms with Gasteiger partial charge in [-0.25, -0.2) is 0 Å². The van der Waals surface area contributed by atoms with Crippen LogP contribution < -0.4 is 4.90 Å². The van der Waals surface area contributed by atoms with Crippen molar-refractivity contribution >= 4 is 11.7 Å². The molecule has 0 radical (unpaired) electrons. The molecule has 21 heavy (non-hydrogen) atoms. The number of carbonyl (C=O) groups is 1. The quantitative estimate of drug-likeness (QED) is 0.760. The van der Waals surface area contributed by atoms with E-state index in [1.54, 1.807) is 0 Å². The Labute approximate surface area is 128 Å². The van der Waals surface area contributed by atoms with Crippen molar-refractivity contribution in [2.45, 2.75) is 51.4 Å². The number of para-hydroxylation sites is 1. The summed E-state index contributed by atoms with van der Waals surface area (Å²) >= 11 is 0. The van der Waals surface area contributed by atoms with E-state index in [-0.39, 0.29) is 6.42 Å². The summed E-state index contributed by atoms with van der Waals surface area (Å²) in [6.07, 6.45) is 9.07. The Kier molecular flexibility index (Phi) is 6.58.